The summed E-state index contributed by atoms with van der Waals surface area (Å²) in [5.41, 5.74) is 1.72. The quantitative estimate of drug-likeness (QED) is 0.0628. The van der Waals surface area contributed by atoms with Crippen LogP contribution in [0.1, 0.15) is 64.9 Å². The molecule has 1 spiro atoms. The van der Waals surface area contributed by atoms with E-state index in [2.05, 4.69) is 37.5 Å². The first kappa shape index (κ1) is 37.2. The molecule has 4 unspecified atom stereocenters. The Morgan fingerprint density at radius 2 is 1.81 bits per heavy atom. The van der Waals surface area contributed by atoms with E-state index in [9.17, 15) is 14.4 Å². The number of benzene rings is 1. The summed E-state index contributed by atoms with van der Waals surface area (Å²) in [6.45, 7) is 9.39. The number of aldehydes is 1. The van der Waals surface area contributed by atoms with Crippen LogP contribution in [0.5, 0.6) is 0 Å². The highest BCUT2D eigenvalue weighted by Crippen LogP contribution is 2.59. The third kappa shape index (κ3) is 11.2. The number of epoxide rings is 2. The highest BCUT2D eigenvalue weighted by molar-refractivity contribution is 5.76. The van der Waals surface area contributed by atoms with Gasteiger partial charge in [0.15, 0.2) is 0 Å². The minimum atomic E-state index is -0.363. The zero-order valence-corrected chi connectivity index (χ0v) is 28.5. The van der Waals surface area contributed by atoms with Crippen molar-refractivity contribution in [3.63, 3.8) is 0 Å². The molecule has 1 aromatic rings. The summed E-state index contributed by atoms with van der Waals surface area (Å²) in [4.78, 5) is 36.1. The van der Waals surface area contributed by atoms with Crippen molar-refractivity contribution in [3.8, 4) is 0 Å². The summed E-state index contributed by atoms with van der Waals surface area (Å²) >= 11 is 0. The Bertz CT molecular complexity index is 1170. The van der Waals surface area contributed by atoms with E-state index in [0.29, 0.717) is 65.4 Å². The average molecular weight is 659 g/mol. The van der Waals surface area contributed by atoms with Gasteiger partial charge in [0, 0.05) is 39.6 Å². The minimum absolute atomic E-state index is 0.00196. The van der Waals surface area contributed by atoms with Crippen molar-refractivity contribution in [1.82, 2.24) is 10.6 Å². The predicted molar refractivity (Wildman–Crippen MR) is 176 cm³/mol. The number of nitrogens with one attached hydrogen (secondary N) is 2. The van der Waals surface area contributed by atoms with E-state index in [4.69, 9.17) is 28.4 Å². The minimum Gasteiger partial charge on any atom is -0.460 e. The van der Waals surface area contributed by atoms with Crippen molar-refractivity contribution in [2.24, 2.45) is 5.92 Å². The molecule has 2 aliphatic heterocycles. The van der Waals surface area contributed by atoms with Gasteiger partial charge in [-0.1, -0.05) is 42.0 Å². The van der Waals surface area contributed by atoms with Gasteiger partial charge in [0.25, 0.3) is 0 Å². The SMILES string of the molecule is COC1C(OC(=O)CCCOCCOCCNC(=O)CCN[C@H](C=O)Cc2ccccc2)CC[C@]2(CO2)C1C1(C)O[C@@H]1CC=C(C)C. The molecule has 1 aliphatic carbocycles. The van der Waals surface area contributed by atoms with Crippen LogP contribution < -0.4 is 10.6 Å². The molecule has 1 amide bonds. The van der Waals surface area contributed by atoms with E-state index in [1.54, 1.807) is 7.11 Å². The van der Waals surface area contributed by atoms with Gasteiger partial charge in [-0.15, -0.1) is 0 Å². The van der Waals surface area contributed by atoms with Crippen molar-refractivity contribution in [1.29, 1.82) is 0 Å². The standard InChI is InChI=1S/C36H54N2O9/c1-26(2)12-13-30-35(3,47-30)34-33(42-4)29(14-16-36(34)25-45-36)46-32(41)11-8-19-43-21-22-44-20-18-38-31(40)15-17-37-28(24-39)23-27-9-6-5-7-10-27/h5-7,9-10,12,24,28-30,33-34,37H,8,11,13-23,25H2,1-4H3,(H,38,40)/t28-,29?,30+,33?,34?,35?,36-/m0/s1. The molecule has 262 valence electrons. The van der Waals surface area contributed by atoms with Crippen LogP contribution >= 0.6 is 0 Å². The van der Waals surface area contributed by atoms with E-state index in [0.717, 1.165) is 24.7 Å². The number of rotatable bonds is 22. The third-order valence-electron chi connectivity index (χ3n) is 9.35. The van der Waals surface area contributed by atoms with Crippen molar-refractivity contribution in [3.05, 3.63) is 47.5 Å². The summed E-state index contributed by atoms with van der Waals surface area (Å²) in [6.07, 6.45) is 6.62. The zero-order valence-electron chi connectivity index (χ0n) is 28.5. The Labute approximate surface area is 279 Å². The summed E-state index contributed by atoms with van der Waals surface area (Å²) in [6, 6.07) is 9.44. The van der Waals surface area contributed by atoms with E-state index in [1.165, 1.54) is 5.57 Å². The van der Waals surface area contributed by atoms with Gasteiger partial charge in [-0.2, -0.15) is 0 Å². The average Bonchev–Trinajstić information content (AvgIpc) is 3.98. The molecular weight excluding hydrogens is 604 g/mol. The maximum atomic E-state index is 12.7. The number of carbonyl (C=O) groups is 3. The first-order valence-corrected chi connectivity index (χ1v) is 17.0. The fourth-order valence-corrected chi connectivity index (χ4v) is 6.70. The molecule has 2 saturated heterocycles. The summed E-state index contributed by atoms with van der Waals surface area (Å²) in [7, 11) is 1.68. The Kier molecular flexibility index (Phi) is 14.4. The van der Waals surface area contributed by atoms with Crippen LogP contribution in [0.4, 0.5) is 0 Å². The van der Waals surface area contributed by atoms with E-state index in [-0.39, 0.29) is 66.2 Å². The van der Waals surface area contributed by atoms with Gasteiger partial charge in [0.05, 0.1) is 44.5 Å². The molecule has 1 saturated carbocycles. The summed E-state index contributed by atoms with van der Waals surface area (Å²) < 4.78 is 35.3. The molecule has 11 heteroatoms. The van der Waals surface area contributed by atoms with Crippen LogP contribution in [-0.2, 0) is 49.2 Å². The van der Waals surface area contributed by atoms with E-state index in [1.807, 2.05) is 30.3 Å². The summed E-state index contributed by atoms with van der Waals surface area (Å²) in [5, 5.41) is 5.93. The number of methoxy groups -OCH3 is 1. The van der Waals surface area contributed by atoms with Crippen LogP contribution in [0.25, 0.3) is 0 Å². The highest BCUT2D eigenvalue weighted by atomic mass is 16.6. The van der Waals surface area contributed by atoms with Crippen molar-refractivity contribution in [2.45, 2.75) is 101 Å². The van der Waals surface area contributed by atoms with Gasteiger partial charge in [-0.05, 0) is 58.4 Å². The molecule has 3 aliphatic rings. The van der Waals surface area contributed by atoms with Crippen LogP contribution in [0.2, 0.25) is 0 Å². The topological polar surface area (TPSA) is 137 Å². The molecular formula is C36H54N2O9. The number of esters is 1. The van der Waals surface area contributed by atoms with E-state index >= 15 is 0 Å². The molecule has 0 aromatic heterocycles. The second-order valence-corrected chi connectivity index (χ2v) is 13.2. The third-order valence-corrected chi connectivity index (χ3v) is 9.35. The summed E-state index contributed by atoms with van der Waals surface area (Å²) in [5.74, 6) is -0.356. The number of amides is 1. The molecule has 0 radical (unpaired) electrons. The molecule has 47 heavy (non-hydrogen) atoms. The van der Waals surface area contributed by atoms with Crippen molar-refractivity contribution >= 4 is 18.2 Å². The molecule has 0 bridgehead atoms. The molecule has 2 heterocycles. The molecule has 3 fully saturated rings. The van der Waals surface area contributed by atoms with Gasteiger partial charge in [0.2, 0.25) is 5.91 Å². The van der Waals surface area contributed by atoms with Crippen LogP contribution in [-0.4, -0.2) is 107 Å². The molecule has 1 aromatic carbocycles. The number of hydrogen-bond acceptors (Lipinski definition) is 10. The predicted octanol–water partition coefficient (Wildman–Crippen LogP) is 3.33. The lowest BCUT2D eigenvalue weighted by molar-refractivity contribution is -0.172. The number of carbonyl (C=O) groups excluding carboxylic acids is 3. The van der Waals surface area contributed by atoms with Gasteiger partial charge in [-0.25, -0.2) is 0 Å². The maximum Gasteiger partial charge on any atom is 0.306 e. The first-order chi connectivity index (χ1) is 22.7. The van der Waals surface area contributed by atoms with Crippen LogP contribution in [0, 0.1) is 5.92 Å². The monoisotopic (exact) mass is 658 g/mol. The lowest BCUT2D eigenvalue weighted by Crippen LogP contribution is -2.55. The van der Waals surface area contributed by atoms with Gasteiger partial charge in [-0.3, -0.25) is 9.59 Å². The van der Waals surface area contributed by atoms with Crippen LogP contribution in [0.3, 0.4) is 0 Å². The first-order valence-electron chi connectivity index (χ1n) is 17.0. The lowest BCUT2D eigenvalue weighted by Gasteiger charge is -2.42. The van der Waals surface area contributed by atoms with Gasteiger partial charge in [0.1, 0.15) is 29.7 Å². The fourth-order valence-electron chi connectivity index (χ4n) is 6.70. The number of allylic oxidation sites excluding steroid dienone is 1. The van der Waals surface area contributed by atoms with E-state index < -0.39 is 0 Å². The van der Waals surface area contributed by atoms with Crippen molar-refractivity contribution in [2.75, 3.05) is 53.2 Å². The zero-order chi connectivity index (χ0) is 33.7. The molecule has 7 atom stereocenters. The fraction of sp³-hybridized carbons (Fsp3) is 0.694. The number of ether oxygens (including phenoxy) is 6. The number of hydrogen-bond donors (Lipinski definition) is 2. The molecule has 2 N–H and O–H groups in total. The normalized spacial score (nSPS) is 28.3. The Balaban J connectivity index is 1.01. The Morgan fingerprint density at radius 3 is 2.49 bits per heavy atom. The second-order valence-electron chi connectivity index (χ2n) is 13.2. The Morgan fingerprint density at radius 1 is 1.06 bits per heavy atom. The smallest absolute Gasteiger partial charge is 0.306 e. The maximum absolute atomic E-state index is 12.7. The highest BCUT2D eigenvalue weighted by Gasteiger charge is 2.72. The molecule has 4 rings (SSSR count). The largest absolute Gasteiger partial charge is 0.460 e. The second kappa shape index (κ2) is 18.2. The van der Waals surface area contributed by atoms with Crippen molar-refractivity contribution < 1.29 is 42.8 Å². The lowest BCUT2D eigenvalue weighted by atomic mass is 9.68. The molecule has 11 nitrogen and oxygen atoms in total. The van der Waals surface area contributed by atoms with Gasteiger partial charge >= 0.3 is 5.97 Å². The van der Waals surface area contributed by atoms with Crippen LogP contribution in [0.15, 0.2) is 42.0 Å². The van der Waals surface area contributed by atoms with Gasteiger partial charge < -0.3 is 43.8 Å². The Hall–Kier alpha value is -2.67.